The minimum absolute atomic E-state index is 0. The molecule has 2 heterocycles. The van der Waals surface area contributed by atoms with Gasteiger partial charge in [0.25, 0.3) is 0 Å². The van der Waals surface area contributed by atoms with Gasteiger partial charge in [-0.15, -0.1) is 0 Å². The van der Waals surface area contributed by atoms with Crippen molar-refractivity contribution in [3.8, 4) is 0 Å². The first-order chi connectivity index (χ1) is 19.9. The Bertz CT molecular complexity index is 1570. The molecule has 0 fully saturated rings. The summed E-state index contributed by atoms with van der Waals surface area (Å²) in [6.45, 7) is -0.250. The van der Waals surface area contributed by atoms with E-state index in [1.165, 1.54) is 12.1 Å². The Morgan fingerprint density at radius 2 is 1.24 bits per heavy atom. The fourth-order valence-corrected chi connectivity index (χ4v) is 4.03. The molecule has 0 spiro atoms. The molecular formula is C16H16N10Na4O12S4. The average molecular weight is 761 g/mol. The second kappa shape index (κ2) is 24.8. The van der Waals surface area contributed by atoms with E-state index < -0.39 is 49.6 Å². The maximum absolute atomic E-state index is 11.5. The van der Waals surface area contributed by atoms with Gasteiger partial charge in [-0.3, -0.25) is 10.1 Å². The van der Waals surface area contributed by atoms with Gasteiger partial charge in [-0.05, 0) is 18.2 Å². The summed E-state index contributed by atoms with van der Waals surface area (Å²) in [7, 11) is -9.75. The molecule has 0 saturated carbocycles. The Morgan fingerprint density at radius 3 is 1.80 bits per heavy atom. The number of hydrogen-bond donors (Lipinski definition) is 4. The maximum Gasteiger partial charge on any atom is 1.00 e. The van der Waals surface area contributed by atoms with Gasteiger partial charge in [0.2, 0.25) is 34.1 Å². The van der Waals surface area contributed by atoms with Crippen molar-refractivity contribution in [2.75, 3.05) is 45.9 Å². The molecule has 3 rings (SSSR count). The molecule has 4 N–H and O–H groups in total. The minimum Gasteiger partial charge on any atom is -0.748 e. The molecule has 0 amide bonds. The molecule has 30 heteroatoms. The first-order valence-corrected chi connectivity index (χ1v) is 15.3. The molecule has 0 atom stereocenters. The van der Waals surface area contributed by atoms with Gasteiger partial charge in [-0.25, -0.2) is 16.8 Å². The average Bonchev–Trinajstić information content (AvgIpc) is 2.91. The molecular weight excluding hydrogens is 744 g/mol. The summed E-state index contributed by atoms with van der Waals surface area (Å²) in [6, 6.07) is 6.13. The number of aromatic nitrogens is 6. The Morgan fingerprint density at radius 1 is 0.717 bits per heavy atom. The smallest absolute Gasteiger partial charge is 0.748 e. The van der Waals surface area contributed by atoms with Gasteiger partial charge in [0, 0.05) is 42.3 Å². The molecule has 0 aliphatic heterocycles. The zero-order chi connectivity index (χ0) is 30.6. The third kappa shape index (κ3) is 19.2. The molecule has 0 saturated heterocycles. The minimum atomic E-state index is -5.15. The van der Waals surface area contributed by atoms with E-state index in [0.717, 1.165) is 12.0 Å². The Balaban J connectivity index is 0. The Labute approximate surface area is 358 Å². The molecule has 0 aliphatic carbocycles. The number of nitrogens with zero attached hydrogens (tertiary/aromatic N) is 6. The van der Waals surface area contributed by atoms with E-state index in [-0.39, 0.29) is 153 Å². The summed E-state index contributed by atoms with van der Waals surface area (Å²) in [6.07, 6.45) is 0. The van der Waals surface area contributed by atoms with Crippen LogP contribution in [-0.4, -0.2) is 80.4 Å². The van der Waals surface area contributed by atoms with Crippen LogP contribution in [-0.2, 0) is 39.0 Å². The third-order valence-electron chi connectivity index (χ3n) is 4.14. The molecule has 3 aromatic rings. The van der Waals surface area contributed by atoms with Crippen LogP contribution in [0, 0.1) is 0 Å². The van der Waals surface area contributed by atoms with Crippen molar-refractivity contribution < 1.29 is 173 Å². The largest absolute Gasteiger partial charge is 1.00 e. The number of nitrogens with one attached hydrogen (secondary N) is 4. The SMILES string of the molecule is O=S(=O)([O-])CCNc1nc(Nc2cccc(Nc3nc(NCCSOO[O-])nc(SOO[O-])n3)c2)nc(S(=O)(=O)[O-])n1.[Na+].[Na+].[Na+].[Na+]. The topological polar surface area (TPSA) is 323 Å². The predicted octanol–water partition coefficient (Wildman–Crippen LogP) is -14.1. The van der Waals surface area contributed by atoms with Crippen molar-refractivity contribution >= 4 is 79.5 Å². The number of anilines is 6. The summed E-state index contributed by atoms with van der Waals surface area (Å²) in [5, 5.41) is 36.0. The number of rotatable bonds is 18. The molecule has 0 aliphatic rings. The van der Waals surface area contributed by atoms with Crippen LogP contribution in [0.1, 0.15) is 0 Å². The standard InChI is InChI=1S/C16H20N10O12S4.4Na/c27-35-37-39-6-4-17-11-21-13(24-15(23-11)40-38-36-28)19-9-2-1-3-10(8-9)20-14-22-12(18-5-7-41(29,30)31)25-16(26-14)42(32,33)34;;;;/h1-3,8,27-28H,4-7H2,(H,29,30,31)(H,32,33,34)(H2,17,19,21,23,24)(H2,18,20,22,25,26);;;;/q;4*+1/p-4. The van der Waals surface area contributed by atoms with Gasteiger partial charge >= 0.3 is 118 Å². The molecule has 0 unspecified atom stereocenters. The fourth-order valence-electron chi connectivity index (χ4n) is 2.66. The molecule has 230 valence electrons. The van der Waals surface area contributed by atoms with E-state index in [0.29, 0.717) is 17.7 Å². The van der Waals surface area contributed by atoms with Crippen LogP contribution in [0.15, 0.2) is 34.6 Å². The van der Waals surface area contributed by atoms with Crippen molar-refractivity contribution in [3.05, 3.63) is 24.3 Å². The molecule has 46 heavy (non-hydrogen) atoms. The van der Waals surface area contributed by atoms with E-state index in [2.05, 4.69) is 69.9 Å². The molecule has 1 aromatic carbocycles. The van der Waals surface area contributed by atoms with E-state index in [1.807, 2.05) is 0 Å². The molecule has 0 radical (unpaired) electrons. The summed E-state index contributed by atoms with van der Waals surface area (Å²) in [5.74, 6) is -1.49. The summed E-state index contributed by atoms with van der Waals surface area (Å²) in [5.41, 5.74) is 0.617. The van der Waals surface area contributed by atoms with Crippen molar-refractivity contribution in [1.29, 1.82) is 0 Å². The maximum atomic E-state index is 11.5. The normalized spacial score (nSPS) is 10.7. The summed E-state index contributed by atoms with van der Waals surface area (Å²) in [4.78, 5) is 23.1. The summed E-state index contributed by atoms with van der Waals surface area (Å²) < 4.78 is 75.3. The van der Waals surface area contributed by atoms with E-state index >= 15 is 0 Å². The van der Waals surface area contributed by atoms with Crippen molar-refractivity contribution in [2.45, 2.75) is 10.3 Å². The molecule has 0 bridgehead atoms. The number of benzene rings is 1. The molecule has 2 aromatic heterocycles. The van der Waals surface area contributed by atoms with Crippen LogP contribution < -0.4 is 150 Å². The first-order valence-electron chi connectivity index (χ1n) is 10.7. The first kappa shape index (κ1) is 48.8. The summed E-state index contributed by atoms with van der Waals surface area (Å²) >= 11 is 1.11. The van der Waals surface area contributed by atoms with Gasteiger partial charge in [0.15, 0.2) is 10.1 Å². The zero-order valence-electron chi connectivity index (χ0n) is 24.4. The second-order valence-corrected chi connectivity index (χ2v) is 11.4. The van der Waals surface area contributed by atoms with E-state index in [4.69, 9.17) is 0 Å². The third-order valence-corrected chi connectivity index (χ3v) is 6.46. The monoisotopic (exact) mass is 760 g/mol. The van der Waals surface area contributed by atoms with Crippen molar-refractivity contribution in [2.24, 2.45) is 0 Å². The van der Waals surface area contributed by atoms with E-state index in [9.17, 15) is 36.5 Å². The quantitative estimate of drug-likeness (QED) is 0.0233. The van der Waals surface area contributed by atoms with Crippen LogP contribution in [0.25, 0.3) is 0 Å². The van der Waals surface area contributed by atoms with Gasteiger partial charge in [-0.1, -0.05) is 6.07 Å². The Kier molecular flexibility index (Phi) is 26.3. The molecule has 22 nitrogen and oxygen atoms in total. The van der Waals surface area contributed by atoms with E-state index in [1.54, 1.807) is 12.1 Å². The van der Waals surface area contributed by atoms with Crippen LogP contribution in [0.2, 0.25) is 0 Å². The second-order valence-electron chi connectivity index (χ2n) is 7.11. The van der Waals surface area contributed by atoms with Crippen LogP contribution >= 0.6 is 24.1 Å². The van der Waals surface area contributed by atoms with Gasteiger partial charge in [-0.2, -0.15) is 38.6 Å². The van der Waals surface area contributed by atoms with Gasteiger partial charge in [0.1, 0.15) is 12.0 Å². The van der Waals surface area contributed by atoms with Crippen LogP contribution in [0.4, 0.5) is 35.2 Å². The number of hydrogen-bond acceptors (Lipinski definition) is 24. The zero-order valence-corrected chi connectivity index (χ0v) is 35.6. The van der Waals surface area contributed by atoms with Crippen LogP contribution in [0.5, 0.6) is 0 Å². The predicted molar refractivity (Wildman–Crippen MR) is 135 cm³/mol. The Hall–Kier alpha value is 0.720. The van der Waals surface area contributed by atoms with Gasteiger partial charge < -0.3 is 40.9 Å². The van der Waals surface area contributed by atoms with Crippen molar-refractivity contribution in [3.63, 3.8) is 0 Å². The van der Waals surface area contributed by atoms with Crippen LogP contribution in [0.3, 0.4) is 0 Å². The fraction of sp³-hybridized carbons (Fsp3) is 0.250. The van der Waals surface area contributed by atoms with Crippen molar-refractivity contribution in [1.82, 2.24) is 29.9 Å². The van der Waals surface area contributed by atoms with Gasteiger partial charge in [0.05, 0.1) is 15.9 Å².